The number of fused-ring (bicyclic) bond motifs is 2. The summed E-state index contributed by atoms with van der Waals surface area (Å²) in [5, 5.41) is 3.09. The second kappa shape index (κ2) is 7.82. The minimum absolute atomic E-state index is 0.113. The van der Waals surface area contributed by atoms with Crippen molar-refractivity contribution in [3.8, 4) is 0 Å². The molecule has 5 heteroatoms. The van der Waals surface area contributed by atoms with E-state index in [0.717, 1.165) is 29.7 Å². The molecule has 0 aromatic heterocycles. The Bertz CT molecular complexity index is 845. The monoisotopic (exact) mass is 412 g/mol. The lowest BCUT2D eigenvalue weighted by Gasteiger charge is -2.47. The largest absolute Gasteiger partial charge is 0.326 e. The van der Waals surface area contributed by atoms with Crippen molar-refractivity contribution in [1.29, 1.82) is 0 Å². The SMILES string of the molecule is CC(C)c1cccc(C(C)C)c1NC(=O)CCN1C(=O)C2CCC(C)(C1=O)C2(C)C. The summed E-state index contributed by atoms with van der Waals surface area (Å²) in [7, 11) is 0. The number of hydrogen-bond acceptors (Lipinski definition) is 3. The molecule has 2 aliphatic rings. The third kappa shape index (κ3) is 3.46. The Morgan fingerprint density at radius 3 is 2.20 bits per heavy atom. The average Bonchev–Trinajstić information content (AvgIpc) is 2.85. The van der Waals surface area contributed by atoms with E-state index in [1.807, 2.05) is 39.0 Å². The Morgan fingerprint density at radius 1 is 1.10 bits per heavy atom. The highest BCUT2D eigenvalue weighted by molar-refractivity contribution is 6.04. The zero-order chi connectivity index (χ0) is 22.4. The molecule has 1 aliphatic carbocycles. The third-order valence-electron chi connectivity index (χ3n) is 7.71. The highest BCUT2D eigenvalue weighted by Crippen LogP contribution is 2.60. The number of piperidine rings is 1. The van der Waals surface area contributed by atoms with E-state index >= 15 is 0 Å². The molecule has 0 radical (unpaired) electrons. The summed E-state index contributed by atoms with van der Waals surface area (Å²) in [5.41, 5.74) is 2.22. The predicted octanol–water partition coefficient (Wildman–Crippen LogP) is 5.07. The van der Waals surface area contributed by atoms with Crippen LogP contribution in [0.15, 0.2) is 18.2 Å². The van der Waals surface area contributed by atoms with Crippen molar-refractivity contribution in [2.24, 2.45) is 16.7 Å². The van der Waals surface area contributed by atoms with E-state index < -0.39 is 5.41 Å². The van der Waals surface area contributed by atoms with Crippen LogP contribution < -0.4 is 5.32 Å². The number of carbonyl (C=O) groups is 3. The van der Waals surface area contributed by atoms with E-state index in [0.29, 0.717) is 0 Å². The van der Waals surface area contributed by atoms with Gasteiger partial charge in [0.15, 0.2) is 0 Å². The number of imide groups is 1. The maximum Gasteiger partial charge on any atom is 0.235 e. The summed E-state index contributed by atoms with van der Waals surface area (Å²) >= 11 is 0. The molecule has 2 fully saturated rings. The molecular weight excluding hydrogens is 376 g/mol. The summed E-state index contributed by atoms with van der Waals surface area (Å²) < 4.78 is 0. The van der Waals surface area contributed by atoms with Crippen LogP contribution in [-0.4, -0.2) is 29.2 Å². The van der Waals surface area contributed by atoms with Crippen LogP contribution >= 0.6 is 0 Å². The summed E-state index contributed by atoms with van der Waals surface area (Å²) in [6.45, 7) is 14.6. The van der Waals surface area contributed by atoms with Gasteiger partial charge in [0.1, 0.15) is 0 Å². The summed E-state index contributed by atoms with van der Waals surface area (Å²) in [6, 6.07) is 6.12. The Morgan fingerprint density at radius 2 is 1.67 bits per heavy atom. The van der Waals surface area contributed by atoms with Crippen molar-refractivity contribution in [2.75, 3.05) is 11.9 Å². The number of benzene rings is 1. The normalized spacial score (nSPS) is 25.4. The van der Waals surface area contributed by atoms with E-state index in [1.165, 1.54) is 4.90 Å². The van der Waals surface area contributed by atoms with Crippen molar-refractivity contribution in [3.05, 3.63) is 29.3 Å². The van der Waals surface area contributed by atoms with Gasteiger partial charge in [-0.1, -0.05) is 66.7 Å². The standard InChI is InChI=1S/C25H36N2O3/c1-15(2)17-9-8-10-18(16(3)4)21(17)26-20(28)12-14-27-22(29)19-11-13-25(7,23(27)30)24(19,5)6/h8-10,15-16,19H,11-14H2,1-7H3,(H,26,28). The molecule has 1 saturated heterocycles. The van der Waals surface area contributed by atoms with Gasteiger partial charge in [-0.2, -0.15) is 0 Å². The van der Waals surface area contributed by atoms with Gasteiger partial charge in [0.2, 0.25) is 17.7 Å². The second-order valence-corrected chi connectivity index (χ2v) is 10.4. The Labute approximate surface area is 180 Å². The van der Waals surface area contributed by atoms with Crippen LogP contribution in [0.25, 0.3) is 0 Å². The maximum absolute atomic E-state index is 13.2. The molecule has 1 aromatic carbocycles. The molecule has 2 bridgehead atoms. The highest BCUT2D eigenvalue weighted by Gasteiger charge is 2.64. The van der Waals surface area contributed by atoms with Gasteiger partial charge in [-0.05, 0) is 41.2 Å². The van der Waals surface area contributed by atoms with Gasteiger partial charge >= 0.3 is 0 Å². The zero-order valence-electron chi connectivity index (χ0n) is 19.5. The number of nitrogens with one attached hydrogen (secondary N) is 1. The molecule has 2 unspecified atom stereocenters. The molecule has 1 saturated carbocycles. The zero-order valence-corrected chi connectivity index (χ0v) is 19.5. The van der Waals surface area contributed by atoms with Crippen LogP contribution in [0.4, 0.5) is 5.69 Å². The number of rotatable bonds is 6. The highest BCUT2D eigenvalue weighted by atomic mass is 16.2. The van der Waals surface area contributed by atoms with E-state index in [2.05, 4.69) is 33.0 Å². The first kappa shape index (κ1) is 22.5. The molecular formula is C25H36N2O3. The van der Waals surface area contributed by atoms with E-state index in [-0.39, 0.29) is 53.9 Å². The Kier molecular flexibility index (Phi) is 5.87. The molecule has 1 aliphatic heterocycles. The molecule has 1 N–H and O–H groups in total. The van der Waals surface area contributed by atoms with Crippen molar-refractivity contribution in [1.82, 2.24) is 4.90 Å². The molecule has 5 nitrogen and oxygen atoms in total. The topological polar surface area (TPSA) is 66.5 Å². The fraction of sp³-hybridized carbons (Fsp3) is 0.640. The molecule has 3 amide bonds. The van der Waals surface area contributed by atoms with Gasteiger partial charge in [0, 0.05) is 24.6 Å². The minimum Gasteiger partial charge on any atom is -0.326 e. The second-order valence-electron chi connectivity index (χ2n) is 10.4. The smallest absolute Gasteiger partial charge is 0.235 e. The lowest BCUT2D eigenvalue weighted by molar-refractivity contribution is -0.167. The number of likely N-dealkylation sites (tertiary alicyclic amines) is 1. The van der Waals surface area contributed by atoms with E-state index in [9.17, 15) is 14.4 Å². The minimum atomic E-state index is -0.531. The third-order valence-corrected chi connectivity index (χ3v) is 7.71. The molecule has 3 rings (SSSR count). The Balaban J connectivity index is 1.75. The van der Waals surface area contributed by atoms with Crippen LogP contribution in [-0.2, 0) is 14.4 Å². The Hall–Kier alpha value is -2.17. The first-order valence-corrected chi connectivity index (χ1v) is 11.2. The van der Waals surface area contributed by atoms with Gasteiger partial charge < -0.3 is 5.32 Å². The molecule has 30 heavy (non-hydrogen) atoms. The number of para-hydroxylation sites is 1. The average molecular weight is 413 g/mol. The number of nitrogens with zero attached hydrogens (tertiary/aromatic N) is 1. The van der Waals surface area contributed by atoms with Crippen LogP contribution in [0.3, 0.4) is 0 Å². The van der Waals surface area contributed by atoms with Gasteiger partial charge in [-0.3, -0.25) is 19.3 Å². The van der Waals surface area contributed by atoms with Crippen LogP contribution in [0.5, 0.6) is 0 Å². The molecule has 2 atom stereocenters. The van der Waals surface area contributed by atoms with Crippen molar-refractivity contribution < 1.29 is 14.4 Å². The lowest BCUT2D eigenvalue weighted by atomic mass is 9.62. The summed E-state index contributed by atoms with van der Waals surface area (Å²) in [6.07, 6.45) is 1.60. The fourth-order valence-electron chi connectivity index (χ4n) is 5.22. The van der Waals surface area contributed by atoms with Crippen LogP contribution in [0.2, 0.25) is 0 Å². The molecule has 164 valence electrons. The number of amides is 3. The van der Waals surface area contributed by atoms with Crippen LogP contribution in [0.1, 0.15) is 90.7 Å². The quantitative estimate of drug-likeness (QED) is 0.663. The van der Waals surface area contributed by atoms with Gasteiger partial charge in [-0.15, -0.1) is 0 Å². The van der Waals surface area contributed by atoms with E-state index in [4.69, 9.17) is 0 Å². The maximum atomic E-state index is 13.2. The summed E-state index contributed by atoms with van der Waals surface area (Å²) in [4.78, 5) is 40.3. The first-order chi connectivity index (χ1) is 13.9. The van der Waals surface area contributed by atoms with E-state index in [1.54, 1.807) is 0 Å². The molecule has 0 spiro atoms. The van der Waals surface area contributed by atoms with Crippen molar-refractivity contribution in [3.63, 3.8) is 0 Å². The fourth-order valence-corrected chi connectivity index (χ4v) is 5.22. The first-order valence-electron chi connectivity index (χ1n) is 11.2. The lowest BCUT2D eigenvalue weighted by Crippen LogP contribution is -2.59. The molecule has 1 heterocycles. The van der Waals surface area contributed by atoms with Crippen molar-refractivity contribution in [2.45, 2.75) is 79.6 Å². The van der Waals surface area contributed by atoms with Gasteiger partial charge in [0.25, 0.3) is 0 Å². The summed E-state index contributed by atoms with van der Waals surface area (Å²) in [5.74, 6) is 0.0252. The predicted molar refractivity (Wildman–Crippen MR) is 119 cm³/mol. The molecule has 1 aromatic rings. The van der Waals surface area contributed by atoms with Crippen molar-refractivity contribution >= 4 is 23.4 Å². The number of hydrogen-bond donors (Lipinski definition) is 1. The van der Waals surface area contributed by atoms with Gasteiger partial charge in [0.05, 0.1) is 5.41 Å². The number of anilines is 1. The van der Waals surface area contributed by atoms with Crippen LogP contribution in [0, 0.1) is 16.7 Å². The van der Waals surface area contributed by atoms with Gasteiger partial charge in [-0.25, -0.2) is 0 Å². The number of carbonyl (C=O) groups excluding carboxylic acids is 3.